The Bertz CT molecular complexity index is 590. The summed E-state index contributed by atoms with van der Waals surface area (Å²) in [5.74, 6) is -1.40. The summed E-state index contributed by atoms with van der Waals surface area (Å²) < 4.78 is 26.4. The van der Waals surface area contributed by atoms with E-state index in [1.54, 1.807) is 0 Å². The van der Waals surface area contributed by atoms with Crippen LogP contribution in [0.2, 0.25) is 0 Å². The van der Waals surface area contributed by atoms with Gasteiger partial charge in [0.1, 0.15) is 17.7 Å². The molecular formula is C14H15F2NO. The standard InChI is InChI=1S/C14H15F2NO/c1-7-8(2)13(17-9(7)3)14(18)11-5-4-10(15)6-12(11)16/h4-6,14,17-18H,1-3H3. The maximum Gasteiger partial charge on any atom is 0.132 e. The number of rotatable bonds is 2. The number of H-pyrrole nitrogens is 1. The van der Waals surface area contributed by atoms with E-state index in [-0.39, 0.29) is 5.56 Å². The van der Waals surface area contributed by atoms with Crippen molar-refractivity contribution in [3.05, 3.63) is 57.9 Å². The van der Waals surface area contributed by atoms with E-state index < -0.39 is 17.7 Å². The Morgan fingerprint density at radius 3 is 2.28 bits per heavy atom. The lowest BCUT2D eigenvalue weighted by atomic mass is 10.0. The Morgan fingerprint density at radius 1 is 1.11 bits per heavy atom. The van der Waals surface area contributed by atoms with E-state index in [2.05, 4.69) is 4.98 Å². The van der Waals surface area contributed by atoms with Gasteiger partial charge in [-0.15, -0.1) is 0 Å². The van der Waals surface area contributed by atoms with Crippen LogP contribution in [0.4, 0.5) is 8.78 Å². The minimum atomic E-state index is -1.11. The predicted molar refractivity (Wildman–Crippen MR) is 65.4 cm³/mol. The zero-order chi connectivity index (χ0) is 13.4. The van der Waals surface area contributed by atoms with Crippen molar-refractivity contribution in [2.75, 3.05) is 0 Å². The molecule has 1 aromatic carbocycles. The smallest absolute Gasteiger partial charge is 0.132 e. The zero-order valence-electron chi connectivity index (χ0n) is 10.5. The minimum absolute atomic E-state index is 0.0701. The number of benzene rings is 1. The Balaban J connectivity index is 2.47. The second kappa shape index (κ2) is 4.53. The van der Waals surface area contributed by atoms with Crippen molar-refractivity contribution in [2.45, 2.75) is 26.9 Å². The summed E-state index contributed by atoms with van der Waals surface area (Å²) in [4.78, 5) is 3.04. The second-order valence-electron chi connectivity index (χ2n) is 4.48. The van der Waals surface area contributed by atoms with Crippen LogP contribution in [0.1, 0.15) is 34.2 Å². The lowest BCUT2D eigenvalue weighted by Gasteiger charge is -2.12. The molecular weight excluding hydrogens is 236 g/mol. The van der Waals surface area contributed by atoms with Crippen LogP contribution < -0.4 is 0 Å². The van der Waals surface area contributed by atoms with E-state index in [9.17, 15) is 13.9 Å². The minimum Gasteiger partial charge on any atom is -0.382 e. The molecule has 18 heavy (non-hydrogen) atoms. The van der Waals surface area contributed by atoms with E-state index in [0.717, 1.165) is 29.0 Å². The van der Waals surface area contributed by atoms with Gasteiger partial charge in [0.05, 0.1) is 5.69 Å². The molecule has 0 amide bonds. The highest BCUT2D eigenvalue weighted by atomic mass is 19.1. The van der Waals surface area contributed by atoms with Crippen molar-refractivity contribution in [1.29, 1.82) is 0 Å². The molecule has 0 aliphatic rings. The molecule has 0 saturated heterocycles. The van der Waals surface area contributed by atoms with Gasteiger partial charge in [0.15, 0.2) is 0 Å². The van der Waals surface area contributed by atoms with E-state index in [4.69, 9.17) is 0 Å². The zero-order valence-corrected chi connectivity index (χ0v) is 10.5. The van der Waals surface area contributed by atoms with Gasteiger partial charge in [-0.05, 0) is 38.0 Å². The van der Waals surface area contributed by atoms with Crippen LogP contribution in [0.15, 0.2) is 18.2 Å². The summed E-state index contributed by atoms with van der Waals surface area (Å²) in [7, 11) is 0. The number of nitrogens with one attached hydrogen (secondary N) is 1. The van der Waals surface area contributed by atoms with Crippen LogP contribution in [0, 0.1) is 32.4 Å². The van der Waals surface area contributed by atoms with Crippen LogP contribution >= 0.6 is 0 Å². The number of hydrogen-bond donors (Lipinski definition) is 2. The van der Waals surface area contributed by atoms with Crippen molar-refractivity contribution in [2.24, 2.45) is 0 Å². The third kappa shape index (κ3) is 2.04. The quantitative estimate of drug-likeness (QED) is 0.844. The van der Waals surface area contributed by atoms with Gasteiger partial charge in [-0.1, -0.05) is 6.07 Å². The van der Waals surface area contributed by atoms with E-state index >= 15 is 0 Å². The first-order chi connectivity index (χ1) is 8.41. The molecule has 2 nitrogen and oxygen atoms in total. The number of hydrogen-bond acceptors (Lipinski definition) is 1. The van der Waals surface area contributed by atoms with Gasteiger partial charge in [-0.25, -0.2) is 8.78 Å². The lowest BCUT2D eigenvalue weighted by Crippen LogP contribution is -2.05. The summed E-state index contributed by atoms with van der Waals surface area (Å²) in [5, 5.41) is 10.2. The Kier molecular flexibility index (Phi) is 3.22. The molecule has 0 spiro atoms. The third-order valence-corrected chi connectivity index (χ3v) is 3.38. The topological polar surface area (TPSA) is 36.0 Å². The van der Waals surface area contributed by atoms with Crippen molar-refractivity contribution < 1.29 is 13.9 Å². The molecule has 1 unspecified atom stereocenters. The van der Waals surface area contributed by atoms with Gasteiger partial charge in [0.25, 0.3) is 0 Å². The van der Waals surface area contributed by atoms with Gasteiger partial charge in [-0.2, -0.15) is 0 Å². The first kappa shape index (κ1) is 12.8. The normalized spacial score (nSPS) is 12.8. The fraction of sp³-hybridized carbons (Fsp3) is 0.286. The lowest BCUT2D eigenvalue weighted by molar-refractivity contribution is 0.209. The van der Waals surface area contributed by atoms with Gasteiger partial charge in [-0.3, -0.25) is 0 Å². The first-order valence-electron chi connectivity index (χ1n) is 5.70. The number of aromatic nitrogens is 1. The highest BCUT2D eigenvalue weighted by Gasteiger charge is 2.20. The SMILES string of the molecule is Cc1[nH]c(C(O)c2ccc(F)cc2F)c(C)c1C. The highest BCUT2D eigenvalue weighted by Crippen LogP contribution is 2.29. The highest BCUT2D eigenvalue weighted by molar-refractivity contribution is 5.39. The van der Waals surface area contributed by atoms with Gasteiger partial charge >= 0.3 is 0 Å². The predicted octanol–water partition coefficient (Wildman–Crippen LogP) is 3.30. The molecule has 0 bridgehead atoms. The van der Waals surface area contributed by atoms with Gasteiger partial charge in [0, 0.05) is 17.3 Å². The van der Waals surface area contributed by atoms with Crippen LogP contribution in [-0.2, 0) is 0 Å². The second-order valence-corrected chi connectivity index (χ2v) is 4.48. The molecule has 4 heteroatoms. The molecule has 0 saturated carbocycles. The molecule has 1 atom stereocenters. The molecule has 1 heterocycles. The van der Waals surface area contributed by atoms with Crippen LogP contribution in [-0.4, -0.2) is 10.1 Å². The molecule has 0 fully saturated rings. The molecule has 1 aromatic heterocycles. The monoisotopic (exact) mass is 251 g/mol. The Morgan fingerprint density at radius 2 is 1.78 bits per heavy atom. The molecule has 0 aliphatic heterocycles. The van der Waals surface area contributed by atoms with Crippen LogP contribution in [0.25, 0.3) is 0 Å². The van der Waals surface area contributed by atoms with Crippen LogP contribution in [0.3, 0.4) is 0 Å². The summed E-state index contributed by atoms with van der Waals surface area (Å²) in [5.41, 5.74) is 3.48. The summed E-state index contributed by atoms with van der Waals surface area (Å²) in [6, 6.07) is 3.18. The van der Waals surface area contributed by atoms with Gasteiger partial charge in [0.2, 0.25) is 0 Å². The molecule has 0 radical (unpaired) electrons. The third-order valence-electron chi connectivity index (χ3n) is 3.38. The van der Waals surface area contributed by atoms with E-state index in [0.29, 0.717) is 5.69 Å². The number of aliphatic hydroxyl groups excluding tert-OH is 1. The summed E-state index contributed by atoms with van der Waals surface area (Å²) in [6.07, 6.45) is -1.11. The fourth-order valence-electron chi connectivity index (χ4n) is 2.02. The average molecular weight is 251 g/mol. The Hall–Kier alpha value is -1.68. The average Bonchev–Trinajstić information content (AvgIpc) is 2.56. The van der Waals surface area contributed by atoms with Crippen molar-refractivity contribution >= 4 is 0 Å². The van der Waals surface area contributed by atoms with Crippen molar-refractivity contribution in [1.82, 2.24) is 4.98 Å². The van der Waals surface area contributed by atoms with Gasteiger partial charge < -0.3 is 10.1 Å². The van der Waals surface area contributed by atoms with Crippen molar-refractivity contribution in [3.8, 4) is 0 Å². The number of aromatic amines is 1. The molecule has 2 aromatic rings. The van der Waals surface area contributed by atoms with Crippen molar-refractivity contribution in [3.63, 3.8) is 0 Å². The largest absolute Gasteiger partial charge is 0.382 e. The fourth-order valence-corrected chi connectivity index (χ4v) is 2.02. The first-order valence-corrected chi connectivity index (χ1v) is 5.70. The molecule has 96 valence electrons. The number of aryl methyl sites for hydroxylation is 1. The summed E-state index contributed by atoms with van der Waals surface area (Å²) in [6.45, 7) is 5.68. The number of halogens is 2. The Labute approximate surface area is 104 Å². The molecule has 2 rings (SSSR count). The number of aliphatic hydroxyl groups is 1. The molecule has 2 N–H and O–H groups in total. The van der Waals surface area contributed by atoms with E-state index in [1.807, 2.05) is 20.8 Å². The maximum absolute atomic E-state index is 13.6. The van der Waals surface area contributed by atoms with Crippen LogP contribution in [0.5, 0.6) is 0 Å². The van der Waals surface area contributed by atoms with E-state index in [1.165, 1.54) is 6.07 Å². The molecule has 0 aliphatic carbocycles. The maximum atomic E-state index is 13.6. The summed E-state index contributed by atoms with van der Waals surface area (Å²) >= 11 is 0.